The number of carbonyl (C=O) groups excluding carboxylic acids is 2. The van der Waals surface area contributed by atoms with Crippen LogP contribution in [0, 0.1) is 10.1 Å². The van der Waals surface area contributed by atoms with Crippen molar-refractivity contribution < 1.29 is 19.2 Å². The number of unbranched alkanes of at least 4 members (excludes halogenated alkanes) is 2. The zero-order valence-electron chi connectivity index (χ0n) is 16.5. The Morgan fingerprint density at radius 2 is 1.72 bits per heavy atom. The van der Waals surface area contributed by atoms with Crippen LogP contribution in [-0.2, 0) is 9.59 Å². The van der Waals surface area contributed by atoms with Gasteiger partial charge >= 0.3 is 0 Å². The number of nitro benzene ring substituents is 1. The smallest absolute Gasteiger partial charge is 0.269 e. The van der Waals surface area contributed by atoms with E-state index in [4.69, 9.17) is 4.74 Å². The van der Waals surface area contributed by atoms with Crippen molar-refractivity contribution in [3.63, 3.8) is 0 Å². The van der Waals surface area contributed by atoms with E-state index in [9.17, 15) is 19.7 Å². The molecule has 154 valence electrons. The van der Waals surface area contributed by atoms with E-state index in [0.29, 0.717) is 23.5 Å². The molecular weight excluding hydrogens is 374 g/mol. The highest BCUT2D eigenvalue weighted by Crippen LogP contribution is 2.20. The van der Waals surface area contributed by atoms with Crippen LogP contribution in [0.3, 0.4) is 0 Å². The van der Waals surface area contributed by atoms with E-state index in [1.165, 1.54) is 24.3 Å². The van der Waals surface area contributed by atoms with Gasteiger partial charge in [-0.3, -0.25) is 19.7 Å². The predicted molar refractivity (Wildman–Crippen MR) is 111 cm³/mol. The molecule has 2 amide bonds. The number of benzene rings is 2. The van der Waals surface area contributed by atoms with Crippen molar-refractivity contribution >= 4 is 28.9 Å². The first-order valence-electron chi connectivity index (χ1n) is 9.51. The van der Waals surface area contributed by atoms with Crippen LogP contribution in [0.2, 0.25) is 0 Å². The molecule has 0 aromatic heterocycles. The van der Waals surface area contributed by atoms with Crippen LogP contribution >= 0.6 is 0 Å². The fraction of sp³-hybridized carbons (Fsp3) is 0.333. The third-order valence-electron chi connectivity index (χ3n) is 4.15. The zero-order chi connectivity index (χ0) is 21.2. The van der Waals surface area contributed by atoms with E-state index < -0.39 is 11.0 Å². The van der Waals surface area contributed by atoms with Gasteiger partial charge in [-0.25, -0.2) is 0 Å². The van der Waals surface area contributed by atoms with E-state index in [0.717, 1.165) is 19.3 Å². The molecule has 0 aliphatic carbocycles. The van der Waals surface area contributed by atoms with Crippen LogP contribution in [0.15, 0.2) is 48.5 Å². The lowest BCUT2D eigenvalue weighted by atomic mass is 10.2. The minimum absolute atomic E-state index is 0.0528. The SMILES string of the molecule is CCCCCC(=O)Nc1cccc(NC(=O)C(C)Oc2ccc([N+](=O)[O-])cc2)c1. The van der Waals surface area contributed by atoms with Gasteiger partial charge in [-0.2, -0.15) is 0 Å². The van der Waals surface area contributed by atoms with Crippen molar-refractivity contribution in [2.75, 3.05) is 10.6 Å². The van der Waals surface area contributed by atoms with Gasteiger partial charge in [0.2, 0.25) is 5.91 Å². The van der Waals surface area contributed by atoms with Gasteiger partial charge in [0.15, 0.2) is 6.10 Å². The Labute approximate surface area is 169 Å². The highest BCUT2D eigenvalue weighted by molar-refractivity contribution is 5.96. The Morgan fingerprint density at radius 3 is 2.34 bits per heavy atom. The van der Waals surface area contributed by atoms with Crippen molar-refractivity contribution in [3.05, 3.63) is 58.6 Å². The highest BCUT2D eigenvalue weighted by Gasteiger charge is 2.16. The summed E-state index contributed by atoms with van der Waals surface area (Å²) in [6, 6.07) is 12.4. The third kappa shape index (κ3) is 7.25. The van der Waals surface area contributed by atoms with Gasteiger partial charge in [-0.15, -0.1) is 0 Å². The van der Waals surface area contributed by atoms with E-state index in [2.05, 4.69) is 17.6 Å². The molecule has 2 N–H and O–H groups in total. The van der Waals surface area contributed by atoms with E-state index in [-0.39, 0.29) is 17.5 Å². The molecular formula is C21H25N3O5. The second kappa shape index (κ2) is 10.8. The summed E-state index contributed by atoms with van der Waals surface area (Å²) in [5.74, 6) is -0.0853. The van der Waals surface area contributed by atoms with Gasteiger partial charge in [0, 0.05) is 29.9 Å². The molecule has 0 saturated heterocycles. The summed E-state index contributed by atoms with van der Waals surface area (Å²) < 4.78 is 5.53. The number of nitrogens with zero attached hydrogens (tertiary/aromatic N) is 1. The maximum atomic E-state index is 12.4. The Hall–Kier alpha value is -3.42. The summed E-state index contributed by atoms with van der Waals surface area (Å²) in [4.78, 5) is 34.5. The van der Waals surface area contributed by atoms with Gasteiger partial charge in [-0.1, -0.05) is 25.8 Å². The van der Waals surface area contributed by atoms with Crippen LogP contribution in [0.25, 0.3) is 0 Å². The minimum Gasteiger partial charge on any atom is -0.481 e. The summed E-state index contributed by atoms with van der Waals surface area (Å²) in [6.45, 7) is 3.66. The van der Waals surface area contributed by atoms with Gasteiger partial charge in [0.05, 0.1) is 4.92 Å². The summed E-state index contributed by atoms with van der Waals surface area (Å²) in [7, 11) is 0. The standard InChI is InChI=1S/C21H25N3O5/c1-3-4-5-9-20(25)22-16-7-6-8-17(14-16)23-21(26)15(2)29-19-12-10-18(11-13-19)24(27)28/h6-8,10-15H,3-5,9H2,1-2H3,(H,22,25)(H,23,26). The van der Waals surface area contributed by atoms with Crippen molar-refractivity contribution in [1.29, 1.82) is 0 Å². The molecule has 2 rings (SSSR count). The number of non-ortho nitro benzene ring substituents is 1. The monoisotopic (exact) mass is 399 g/mol. The molecule has 2 aromatic carbocycles. The maximum Gasteiger partial charge on any atom is 0.269 e. The molecule has 0 spiro atoms. The summed E-state index contributed by atoms with van der Waals surface area (Å²) in [5, 5.41) is 16.2. The molecule has 1 atom stereocenters. The van der Waals surface area contributed by atoms with E-state index in [1.807, 2.05) is 0 Å². The number of nitro groups is 1. The van der Waals surface area contributed by atoms with E-state index >= 15 is 0 Å². The highest BCUT2D eigenvalue weighted by atomic mass is 16.6. The number of hydrogen-bond donors (Lipinski definition) is 2. The van der Waals surface area contributed by atoms with Gasteiger partial charge in [0.1, 0.15) is 5.75 Å². The zero-order valence-corrected chi connectivity index (χ0v) is 16.5. The summed E-state index contributed by atoms with van der Waals surface area (Å²) >= 11 is 0. The first-order valence-corrected chi connectivity index (χ1v) is 9.51. The number of hydrogen-bond acceptors (Lipinski definition) is 5. The number of rotatable bonds is 10. The molecule has 8 nitrogen and oxygen atoms in total. The van der Waals surface area contributed by atoms with Crippen LogP contribution in [-0.4, -0.2) is 22.8 Å². The number of amides is 2. The lowest BCUT2D eigenvalue weighted by Gasteiger charge is -2.15. The van der Waals surface area contributed by atoms with Gasteiger partial charge in [-0.05, 0) is 43.7 Å². The first kappa shape index (κ1) is 21.9. The fourth-order valence-electron chi connectivity index (χ4n) is 2.58. The maximum absolute atomic E-state index is 12.4. The number of anilines is 2. The molecule has 0 radical (unpaired) electrons. The van der Waals surface area contributed by atoms with Crippen LogP contribution in [0.4, 0.5) is 17.1 Å². The molecule has 1 unspecified atom stereocenters. The molecule has 2 aromatic rings. The third-order valence-corrected chi connectivity index (χ3v) is 4.15. The Morgan fingerprint density at radius 1 is 1.07 bits per heavy atom. The quantitative estimate of drug-likeness (QED) is 0.347. The first-order chi connectivity index (χ1) is 13.9. The normalized spacial score (nSPS) is 11.4. The van der Waals surface area contributed by atoms with Crippen LogP contribution in [0.1, 0.15) is 39.5 Å². The molecule has 0 bridgehead atoms. The summed E-state index contributed by atoms with van der Waals surface area (Å²) in [6.07, 6.45) is 2.55. The van der Waals surface area contributed by atoms with Crippen molar-refractivity contribution in [3.8, 4) is 5.75 Å². The number of ether oxygens (including phenoxy) is 1. The van der Waals surface area contributed by atoms with Gasteiger partial charge in [0.25, 0.3) is 11.6 Å². The fourth-order valence-corrected chi connectivity index (χ4v) is 2.58. The lowest BCUT2D eigenvalue weighted by molar-refractivity contribution is -0.384. The molecule has 0 fully saturated rings. The Balaban J connectivity index is 1.90. The summed E-state index contributed by atoms with van der Waals surface area (Å²) in [5.41, 5.74) is 1.08. The largest absolute Gasteiger partial charge is 0.481 e. The second-order valence-electron chi connectivity index (χ2n) is 6.59. The Kier molecular flexibility index (Phi) is 8.14. The average molecular weight is 399 g/mol. The van der Waals surface area contributed by atoms with Gasteiger partial charge < -0.3 is 15.4 Å². The van der Waals surface area contributed by atoms with Crippen LogP contribution < -0.4 is 15.4 Å². The van der Waals surface area contributed by atoms with Crippen molar-refractivity contribution in [2.45, 2.75) is 45.6 Å². The van der Waals surface area contributed by atoms with Crippen LogP contribution in [0.5, 0.6) is 5.75 Å². The predicted octanol–water partition coefficient (Wildman–Crippen LogP) is 4.52. The molecule has 0 aliphatic heterocycles. The Bertz CT molecular complexity index is 852. The topological polar surface area (TPSA) is 111 Å². The average Bonchev–Trinajstić information content (AvgIpc) is 2.68. The number of carbonyl (C=O) groups is 2. The molecule has 29 heavy (non-hydrogen) atoms. The molecule has 8 heteroatoms. The van der Waals surface area contributed by atoms with Crippen molar-refractivity contribution in [1.82, 2.24) is 0 Å². The second-order valence-corrected chi connectivity index (χ2v) is 6.59. The van der Waals surface area contributed by atoms with Crippen molar-refractivity contribution in [2.24, 2.45) is 0 Å². The minimum atomic E-state index is -0.816. The molecule has 0 saturated carbocycles. The number of nitrogens with one attached hydrogen (secondary N) is 2. The van der Waals surface area contributed by atoms with E-state index in [1.54, 1.807) is 31.2 Å². The lowest BCUT2D eigenvalue weighted by Crippen LogP contribution is -2.30. The molecule has 0 heterocycles. The molecule has 0 aliphatic rings.